The number of carbonyl (C=O) groups is 2. The number of carboxylic acid groups (broad SMARTS) is 1. The molecule has 0 spiro atoms. The van der Waals surface area contributed by atoms with Crippen molar-refractivity contribution < 1.29 is 14.7 Å². The van der Waals surface area contributed by atoms with Gasteiger partial charge < -0.3 is 5.11 Å². The van der Waals surface area contributed by atoms with E-state index in [0.29, 0.717) is 30.4 Å². The predicted molar refractivity (Wildman–Crippen MR) is 72.3 cm³/mol. The van der Waals surface area contributed by atoms with Crippen LogP contribution in [0.3, 0.4) is 0 Å². The van der Waals surface area contributed by atoms with Gasteiger partial charge in [-0.2, -0.15) is 0 Å². The molecule has 0 aromatic carbocycles. The molecule has 0 aliphatic carbocycles. The summed E-state index contributed by atoms with van der Waals surface area (Å²) in [7, 11) is 0. The highest BCUT2D eigenvalue weighted by Crippen LogP contribution is 2.29. The maximum Gasteiger partial charge on any atom is 0.303 e. The van der Waals surface area contributed by atoms with E-state index < -0.39 is 5.97 Å². The first-order chi connectivity index (χ1) is 8.60. The quantitative estimate of drug-likeness (QED) is 0.836. The van der Waals surface area contributed by atoms with E-state index in [9.17, 15) is 9.59 Å². The van der Waals surface area contributed by atoms with Crippen LogP contribution in [0.2, 0.25) is 0 Å². The molecule has 1 aromatic rings. The number of alkyl halides is 1. The molecule has 0 saturated carbocycles. The second-order valence-corrected chi connectivity index (χ2v) is 5.73. The lowest BCUT2D eigenvalue weighted by molar-refractivity contribution is -0.137. The summed E-state index contributed by atoms with van der Waals surface area (Å²) in [6.45, 7) is 0.690. The molecular weight excluding hydrogens is 320 g/mol. The van der Waals surface area contributed by atoms with E-state index in [1.165, 1.54) is 11.3 Å². The number of nitrogens with zero attached hydrogens (tertiary/aromatic N) is 2. The Morgan fingerprint density at radius 2 is 2.44 bits per heavy atom. The van der Waals surface area contributed by atoms with Gasteiger partial charge in [-0.25, -0.2) is 4.98 Å². The number of hydrogen-bond acceptors (Lipinski definition) is 4. The lowest BCUT2D eigenvalue weighted by Crippen LogP contribution is -2.24. The van der Waals surface area contributed by atoms with Gasteiger partial charge in [0.15, 0.2) is 5.13 Å². The van der Waals surface area contributed by atoms with Crippen LogP contribution in [-0.4, -0.2) is 33.8 Å². The van der Waals surface area contributed by atoms with E-state index in [2.05, 4.69) is 20.9 Å². The number of halogens is 1. The number of rotatable bonds is 5. The van der Waals surface area contributed by atoms with Crippen LogP contribution in [0.4, 0.5) is 5.13 Å². The number of aliphatic carboxylic acids is 1. The molecule has 0 radical (unpaired) electrons. The zero-order chi connectivity index (χ0) is 13.1. The zero-order valence-corrected chi connectivity index (χ0v) is 12.0. The van der Waals surface area contributed by atoms with Gasteiger partial charge in [-0.3, -0.25) is 14.5 Å². The summed E-state index contributed by atoms with van der Waals surface area (Å²) in [5.74, 6) is -0.399. The number of carbonyl (C=O) groups excluding carboxylic acids is 1. The molecule has 1 atom stereocenters. The molecule has 1 N–H and O–H groups in total. The third-order valence-corrected chi connectivity index (χ3v) is 4.62. The van der Waals surface area contributed by atoms with Crippen molar-refractivity contribution in [1.82, 2.24) is 4.98 Å². The topological polar surface area (TPSA) is 70.5 Å². The molecule has 0 bridgehead atoms. The monoisotopic (exact) mass is 332 g/mol. The smallest absolute Gasteiger partial charge is 0.303 e. The Labute approximate surface area is 117 Å². The van der Waals surface area contributed by atoms with Gasteiger partial charge in [0.25, 0.3) is 0 Å². The lowest BCUT2D eigenvalue weighted by atomic mass is 10.2. The average Bonchev–Trinajstić information content (AvgIpc) is 2.92. The van der Waals surface area contributed by atoms with Crippen molar-refractivity contribution in [3.8, 4) is 0 Å². The summed E-state index contributed by atoms with van der Waals surface area (Å²) in [6, 6.07) is 0. The van der Waals surface area contributed by atoms with Crippen LogP contribution < -0.4 is 4.90 Å². The Kier molecular flexibility index (Phi) is 4.34. The summed E-state index contributed by atoms with van der Waals surface area (Å²) in [4.78, 5) is 28.3. The van der Waals surface area contributed by atoms with Gasteiger partial charge in [-0.05, 0) is 5.92 Å². The van der Waals surface area contributed by atoms with Crippen molar-refractivity contribution >= 4 is 44.3 Å². The number of aromatic nitrogens is 1. The van der Waals surface area contributed by atoms with E-state index in [0.717, 1.165) is 11.0 Å². The van der Waals surface area contributed by atoms with Crippen LogP contribution in [0.1, 0.15) is 18.5 Å². The summed E-state index contributed by atoms with van der Waals surface area (Å²) < 4.78 is 0. The third-order valence-electron chi connectivity index (χ3n) is 2.79. The molecule has 5 nitrogen and oxygen atoms in total. The molecule has 2 heterocycles. The van der Waals surface area contributed by atoms with Gasteiger partial charge in [0.2, 0.25) is 5.91 Å². The number of anilines is 1. The number of amides is 1. The van der Waals surface area contributed by atoms with E-state index in [1.54, 1.807) is 4.90 Å². The van der Waals surface area contributed by atoms with Crippen molar-refractivity contribution in [3.63, 3.8) is 0 Å². The Bertz CT molecular complexity index is 463. The van der Waals surface area contributed by atoms with Crippen molar-refractivity contribution in [2.24, 2.45) is 5.92 Å². The van der Waals surface area contributed by atoms with Gasteiger partial charge in [-0.1, -0.05) is 15.9 Å². The normalized spacial score (nSPS) is 19.5. The fourth-order valence-electron chi connectivity index (χ4n) is 1.84. The van der Waals surface area contributed by atoms with Crippen molar-refractivity contribution in [3.05, 3.63) is 11.1 Å². The first-order valence-corrected chi connectivity index (χ1v) is 7.62. The molecule has 1 amide bonds. The first kappa shape index (κ1) is 13.5. The Morgan fingerprint density at radius 1 is 1.67 bits per heavy atom. The van der Waals surface area contributed by atoms with Crippen LogP contribution in [0, 0.1) is 5.92 Å². The van der Waals surface area contributed by atoms with Crippen LogP contribution in [0.5, 0.6) is 0 Å². The Balaban J connectivity index is 2.01. The first-order valence-electron chi connectivity index (χ1n) is 5.62. The largest absolute Gasteiger partial charge is 0.481 e. The number of aryl methyl sites for hydroxylation is 1. The molecule has 98 valence electrons. The maximum atomic E-state index is 11.8. The molecule has 1 unspecified atom stereocenters. The molecule has 1 saturated heterocycles. The average molecular weight is 333 g/mol. The van der Waals surface area contributed by atoms with E-state index in [4.69, 9.17) is 5.11 Å². The molecule has 1 fully saturated rings. The highest BCUT2D eigenvalue weighted by atomic mass is 79.9. The highest BCUT2D eigenvalue weighted by Gasteiger charge is 2.31. The van der Waals surface area contributed by atoms with E-state index in [1.807, 2.05) is 5.38 Å². The second kappa shape index (κ2) is 5.79. The summed E-state index contributed by atoms with van der Waals surface area (Å²) in [5.41, 5.74) is 0.743. The minimum absolute atomic E-state index is 0.0706. The zero-order valence-electron chi connectivity index (χ0n) is 9.63. The minimum Gasteiger partial charge on any atom is -0.481 e. The Morgan fingerprint density at radius 3 is 3.06 bits per heavy atom. The molecule has 1 aliphatic rings. The number of hydrogen-bond donors (Lipinski definition) is 1. The van der Waals surface area contributed by atoms with E-state index in [-0.39, 0.29) is 12.3 Å². The molecule has 18 heavy (non-hydrogen) atoms. The molecular formula is C11H13BrN2O3S. The van der Waals surface area contributed by atoms with Crippen molar-refractivity contribution in [2.75, 3.05) is 16.8 Å². The Hall–Kier alpha value is -0.950. The SMILES string of the molecule is O=C(O)CCc1csc(N2CC(CBr)CC2=O)n1. The van der Waals surface area contributed by atoms with Gasteiger partial charge in [0, 0.05) is 30.1 Å². The maximum absolute atomic E-state index is 11.8. The van der Waals surface area contributed by atoms with Crippen molar-refractivity contribution in [2.45, 2.75) is 19.3 Å². The van der Waals surface area contributed by atoms with Crippen LogP contribution in [-0.2, 0) is 16.0 Å². The fraction of sp³-hybridized carbons (Fsp3) is 0.545. The molecule has 2 rings (SSSR count). The molecule has 1 aromatic heterocycles. The van der Waals surface area contributed by atoms with Crippen LogP contribution in [0.15, 0.2) is 5.38 Å². The number of carboxylic acids is 1. The summed E-state index contributed by atoms with van der Waals surface area (Å²) in [5, 5.41) is 11.9. The van der Waals surface area contributed by atoms with Gasteiger partial charge in [0.1, 0.15) is 0 Å². The highest BCUT2D eigenvalue weighted by molar-refractivity contribution is 9.09. The fourth-order valence-corrected chi connectivity index (χ4v) is 3.16. The summed E-state index contributed by atoms with van der Waals surface area (Å²) >= 11 is 4.79. The molecule has 7 heteroatoms. The number of thiazole rings is 1. The minimum atomic E-state index is -0.832. The second-order valence-electron chi connectivity index (χ2n) is 4.24. The predicted octanol–water partition coefficient (Wildman–Crippen LogP) is 1.91. The van der Waals surface area contributed by atoms with Gasteiger partial charge >= 0.3 is 5.97 Å². The van der Waals surface area contributed by atoms with E-state index >= 15 is 0 Å². The summed E-state index contributed by atoms with van der Waals surface area (Å²) in [6.07, 6.45) is 1.03. The van der Waals surface area contributed by atoms with Crippen LogP contribution >= 0.6 is 27.3 Å². The third kappa shape index (κ3) is 3.08. The van der Waals surface area contributed by atoms with Crippen LogP contribution in [0.25, 0.3) is 0 Å². The van der Waals surface area contributed by atoms with Gasteiger partial charge in [0.05, 0.1) is 12.1 Å². The molecule has 1 aliphatic heterocycles. The lowest BCUT2D eigenvalue weighted by Gasteiger charge is -2.11. The van der Waals surface area contributed by atoms with Gasteiger partial charge in [-0.15, -0.1) is 11.3 Å². The standard InChI is InChI=1S/C11H13BrN2O3S/c12-4-7-3-9(15)14(5-7)11-13-8(6-18-11)1-2-10(16)17/h6-7H,1-5H2,(H,16,17). The van der Waals surface area contributed by atoms with Crippen molar-refractivity contribution in [1.29, 1.82) is 0 Å².